The Bertz CT molecular complexity index is 323. The average Bonchev–Trinajstić information content (AvgIpc) is 2.67. The predicted molar refractivity (Wildman–Crippen MR) is 52.1 cm³/mol. The predicted octanol–water partition coefficient (Wildman–Crippen LogP) is 1.90. The van der Waals surface area contributed by atoms with Gasteiger partial charge in [0.25, 0.3) is 0 Å². The van der Waals surface area contributed by atoms with E-state index in [4.69, 9.17) is 10.00 Å². The minimum atomic E-state index is -0.179. The third-order valence-electron chi connectivity index (χ3n) is 2.97. The lowest BCUT2D eigenvalue weighted by Gasteiger charge is -1.99. The first kappa shape index (κ1) is 10.8. The van der Waals surface area contributed by atoms with E-state index in [0.717, 1.165) is 0 Å². The van der Waals surface area contributed by atoms with Gasteiger partial charge in [-0.3, -0.25) is 4.79 Å². The summed E-state index contributed by atoms with van der Waals surface area (Å²) in [4.78, 5) is 11.3. The number of hydrogen-bond donors (Lipinski definition) is 0. The number of nitriles is 1. The van der Waals surface area contributed by atoms with E-state index in [-0.39, 0.29) is 23.2 Å². The number of carbonyl (C=O) groups excluding carboxylic acids is 1. The largest absolute Gasteiger partial charge is 0.469 e. The molecule has 0 radical (unpaired) electrons. The first-order valence-electron chi connectivity index (χ1n) is 4.61. The fourth-order valence-electron chi connectivity index (χ4n) is 1.87. The number of ether oxygens (including phenoxy) is 1. The highest BCUT2D eigenvalue weighted by Gasteiger charge is 2.61. The number of nitrogens with zero attached hydrogens (tertiary/aromatic N) is 1. The number of esters is 1. The minimum Gasteiger partial charge on any atom is -0.469 e. The maximum absolute atomic E-state index is 11.3. The van der Waals surface area contributed by atoms with Crippen LogP contribution in [0.3, 0.4) is 0 Å². The van der Waals surface area contributed by atoms with Crippen LogP contribution in [0.5, 0.6) is 0 Å². The van der Waals surface area contributed by atoms with Crippen LogP contribution in [0.1, 0.15) is 20.8 Å². The van der Waals surface area contributed by atoms with Crippen molar-refractivity contribution in [3.63, 3.8) is 0 Å². The van der Waals surface area contributed by atoms with Crippen molar-refractivity contribution in [1.29, 1.82) is 5.26 Å². The van der Waals surface area contributed by atoms with Gasteiger partial charge in [-0.1, -0.05) is 19.9 Å². The second-order valence-corrected chi connectivity index (χ2v) is 4.31. The van der Waals surface area contributed by atoms with Crippen LogP contribution in [-0.2, 0) is 9.53 Å². The minimum absolute atomic E-state index is 0.0643. The molecule has 0 spiro atoms. The van der Waals surface area contributed by atoms with Gasteiger partial charge >= 0.3 is 5.97 Å². The molecule has 1 saturated carbocycles. The van der Waals surface area contributed by atoms with Gasteiger partial charge in [-0.05, 0) is 18.3 Å². The molecule has 76 valence electrons. The summed E-state index contributed by atoms with van der Waals surface area (Å²) in [5.41, 5.74) is 0.597. The summed E-state index contributed by atoms with van der Waals surface area (Å²) >= 11 is 0. The molecule has 1 aliphatic rings. The first-order chi connectivity index (χ1) is 6.45. The van der Waals surface area contributed by atoms with Crippen molar-refractivity contribution in [1.82, 2.24) is 0 Å². The quantitative estimate of drug-likeness (QED) is 0.497. The molecule has 0 unspecified atom stereocenters. The summed E-state index contributed by atoms with van der Waals surface area (Å²) in [5, 5.41) is 8.63. The highest BCUT2D eigenvalue weighted by Crippen LogP contribution is 2.59. The van der Waals surface area contributed by atoms with Crippen molar-refractivity contribution in [3.05, 3.63) is 11.6 Å². The summed E-state index contributed by atoms with van der Waals surface area (Å²) in [6.07, 6.45) is 1.86. The van der Waals surface area contributed by atoms with Crippen LogP contribution in [0.2, 0.25) is 0 Å². The van der Waals surface area contributed by atoms with Crippen LogP contribution in [0, 0.1) is 28.6 Å². The molecule has 2 atom stereocenters. The molecule has 1 fully saturated rings. The zero-order valence-corrected chi connectivity index (χ0v) is 9.00. The van der Waals surface area contributed by atoms with Gasteiger partial charge in [0.15, 0.2) is 0 Å². The van der Waals surface area contributed by atoms with Crippen molar-refractivity contribution in [2.24, 2.45) is 17.3 Å². The van der Waals surface area contributed by atoms with Gasteiger partial charge in [-0.25, -0.2) is 0 Å². The smallest absolute Gasteiger partial charge is 0.309 e. The number of methoxy groups -OCH3 is 1. The number of rotatable bonds is 2. The van der Waals surface area contributed by atoms with Crippen molar-refractivity contribution >= 4 is 5.97 Å². The van der Waals surface area contributed by atoms with Crippen LogP contribution in [0.4, 0.5) is 0 Å². The highest BCUT2D eigenvalue weighted by atomic mass is 16.5. The van der Waals surface area contributed by atoms with Crippen molar-refractivity contribution in [3.8, 4) is 6.07 Å². The Morgan fingerprint density at radius 3 is 2.57 bits per heavy atom. The molecule has 1 rings (SSSR count). The Kier molecular flexibility index (Phi) is 2.66. The molecule has 14 heavy (non-hydrogen) atoms. The molecule has 0 aliphatic heterocycles. The molecule has 0 aromatic rings. The lowest BCUT2D eigenvalue weighted by molar-refractivity contribution is -0.143. The van der Waals surface area contributed by atoms with E-state index >= 15 is 0 Å². The second-order valence-electron chi connectivity index (χ2n) is 4.31. The molecule has 1 aliphatic carbocycles. The Morgan fingerprint density at radius 1 is 1.57 bits per heavy atom. The lowest BCUT2D eigenvalue weighted by Crippen LogP contribution is -2.07. The molecule has 0 saturated heterocycles. The van der Waals surface area contributed by atoms with Crippen molar-refractivity contribution in [2.45, 2.75) is 20.8 Å². The molecule has 0 heterocycles. The zero-order chi connectivity index (χ0) is 10.9. The SMILES string of the molecule is COC(=O)[C@@H]1[C@@H](C=C(C)C#N)C1(C)C. The molecule has 0 N–H and O–H groups in total. The summed E-state index contributed by atoms with van der Waals surface area (Å²) in [6, 6.07) is 2.06. The Hall–Kier alpha value is -1.30. The molecular formula is C11H15NO2. The monoisotopic (exact) mass is 193 g/mol. The van der Waals surface area contributed by atoms with Crippen LogP contribution >= 0.6 is 0 Å². The Morgan fingerprint density at radius 2 is 2.14 bits per heavy atom. The topological polar surface area (TPSA) is 50.1 Å². The van der Waals surface area contributed by atoms with E-state index in [2.05, 4.69) is 6.07 Å². The van der Waals surface area contributed by atoms with Gasteiger partial charge < -0.3 is 4.74 Å². The zero-order valence-electron chi connectivity index (χ0n) is 9.00. The maximum Gasteiger partial charge on any atom is 0.309 e. The van der Waals surface area contributed by atoms with Crippen LogP contribution in [-0.4, -0.2) is 13.1 Å². The van der Waals surface area contributed by atoms with E-state index in [0.29, 0.717) is 5.57 Å². The summed E-state index contributed by atoms with van der Waals surface area (Å²) in [5.74, 6) is -0.118. The van der Waals surface area contributed by atoms with Crippen molar-refractivity contribution < 1.29 is 9.53 Å². The fraction of sp³-hybridized carbons (Fsp3) is 0.636. The number of hydrogen-bond acceptors (Lipinski definition) is 3. The van der Waals surface area contributed by atoms with Gasteiger partial charge in [-0.15, -0.1) is 0 Å². The van der Waals surface area contributed by atoms with E-state index in [1.54, 1.807) is 6.92 Å². The molecule has 3 heteroatoms. The van der Waals surface area contributed by atoms with E-state index < -0.39 is 0 Å². The number of allylic oxidation sites excluding steroid dienone is 2. The van der Waals surface area contributed by atoms with E-state index in [1.807, 2.05) is 19.9 Å². The van der Waals surface area contributed by atoms with Crippen LogP contribution < -0.4 is 0 Å². The van der Waals surface area contributed by atoms with E-state index in [1.165, 1.54) is 7.11 Å². The Balaban J connectivity index is 2.77. The molecule has 0 aromatic heterocycles. The molecule has 3 nitrogen and oxygen atoms in total. The number of carbonyl (C=O) groups is 1. The fourth-order valence-corrected chi connectivity index (χ4v) is 1.87. The van der Waals surface area contributed by atoms with Crippen LogP contribution in [0.15, 0.2) is 11.6 Å². The van der Waals surface area contributed by atoms with Gasteiger partial charge in [0, 0.05) is 5.57 Å². The first-order valence-corrected chi connectivity index (χ1v) is 4.61. The van der Waals surface area contributed by atoms with Gasteiger partial charge in [0.2, 0.25) is 0 Å². The molecule has 0 aromatic carbocycles. The van der Waals surface area contributed by atoms with Crippen LogP contribution in [0.25, 0.3) is 0 Å². The van der Waals surface area contributed by atoms with Gasteiger partial charge in [0.05, 0.1) is 19.1 Å². The molecular weight excluding hydrogens is 178 g/mol. The second kappa shape index (κ2) is 3.45. The standard InChI is InChI=1S/C11H15NO2/c1-7(6-12)5-8-9(10(13)14-4)11(8,2)3/h5,8-9H,1-4H3/t8-,9+/m1/s1. The van der Waals surface area contributed by atoms with E-state index in [9.17, 15) is 4.79 Å². The molecule has 0 amide bonds. The Labute approximate surface area is 84.4 Å². The maximum atomic E-state index is 11.3. The van der Waals surface area contributed by atoms with Gasteiger partial charge in [0.1, 0.15) is 0 Å². The normalized spacial score (nSPS) is 29.2. The van der Waals surface area contributed by atoms with Gasteiger partial charge in [-0.2, -0.15) is 5.26 Å². The average molecular weight is 193 g/mol. The third-order valence-corrected chi connectivity index (χ3v) is 2.97. The summed E-state index contributed by atoms with van der Waals surface area (Å²) < 4.78 is 4.70. The highest BCUT2D eigenvalue weighted by molar-refractivity contribution is 5.78. The summed E-state index contributed by atoms with van der Waals surface area (Å²) in [6.45, 7) is 5.78. The lowest BCUT2D eigenvalue weighted by atomic mass is 10.1. The molecule has 0 bridgehead atoms. The summed E-state index contributed by atoms with van der Waals surface area (Å²) in [7, 11) is 1.40. The van der Waals surface area contributed by atoms with Crippen molar-refractivity contribution in [2.75, 3.05) is 7.11 Å². The third kappa shape index (κ3) is 1.65.